The maximum atomic E-state index is 12.7. The minimum Gasteiger partial charge on any atom is -0.493 e. The van der Waals surface area contributed by atoms with Crippen LogP contribution in [0.3, 0.4) is 0 Å². The molecule has 0 saturated carbocycles. The van der Waals surface area contributed by atoms with Crippen LogP contribution in [-0.4, -0.2) is 25.1 Å². The summed E-state index contributed by atoms with van der Waals surface area (Å²) in [5.74, 6) is 1.12. The van der Waals surface area contributed by atoms with Crippen molar-refractivity contribution in [2.45, 2.75) is 19.6 Å². The van der Waals surface area contributed by atoms with Crippen molar-refractivity contribution in [3.8, 4) is 23.0 Å². The van der Waals surface area contributed by atoms with Crippen molar-refractivity contribution < 1.29 is 28.5 Å². The van der Waals surface area contributed by atoms with Gasteiger partial charge in [-0.25, -0.2) is 4.79 Å². The molecule has 0 heterocycles. The normalized spacial score (nSPS) is 11.2. The van der Waals surface area contributed by atoms with Gasteiger partial charge in [-0.3, -0.25) is 4.79 Å². The van der Waals surface area contributed by atoms with Crippen molar-refractivity contribution in [1.82, 2.24) is 0 Å². The van der Waals surface area contributed by atoms with Crippen molar-refractivity contribution in [3.05, 3.63) is 114 Å². The van der Waals surface area contributed by atoms with Gasteiger partial charge in [0.05, 0.1) is 12.7 Å². The average molecular weight is 498 g/mol. The van der Waals surface area contributed by atoms with E-state index in [1.165, 1.54) is 20.1 Å². The van der Waals surface area contributed by atoms with Gasteiger partial charge < -0.3 is 24.3 Å². The molecule has 7 heteroatoms. The van der Waals surface area contributed by atoms with Crippen LogP contribution in [0.15, 0.2) is 103 Å². The minimum atomic E-state index is -1.02. The van der Waals surface area contributed by atoms with Gasteiger partial charge >= 0.3 is 5.97 Å². The van der Waals surface area contributed by atoms with Crippen molar-refractivity contribution in [3.63, 3.8) is 0 Å². The summed E-state index contributed by atoms with van der Waals surface area (Å²) in [7, 11) is 1.49. The molecule has 37 heavy (non-hydrogen) atoms. The molecule has 0 aliphatic carbocycles. The van der Waals surface area contributed by atoms with Gasteiger partial charge in [-0.15, -0.1) is 0 Å². The fourth-order valence-electron chi connectivity index (χ4n) is 3.41. The SMILES string of the molecule is COc1cc(C(=O)O[C@@H](C)C(=O)Nc2ccc(Oc3ccccc3)cc2)ccc1OCc1ccccc1. The van der Waals surface area contributed by atoms with Crippen LogP contribution in [0.2, 0.25) is 0 Å². The lowest BCUT2D eigenvalue weighted by atomic mass is 10.2. The second kappa shape index (κ2) is 12.3. The number of carbonyl (C=O) groups is 2. The molecule has 0 spiro atoms. The fraction of sp³-hybridized carbons (Fsp3) is 0.133. The van der Waals surface area contributed by atoms with E-state index in [-0.39, 0.29) is 5.56 Å². The molecule has 4 aromatic rings. The number of rotatable bonds is 10. The monoisotopic (exact) mass is 497 g/mol. The van der Waals surface area contributed by atoms with E-state index < -0.39 is 18.0 Å². The van der Waals surface area contributed by atoms with Gasteiger partial charge in [0.15, 0.2) is 17.6 Å². The van der Waals surface area contributed by atoms with Gasteiger partial charge in [-0.2, -0.15) is 0 Å². The molecule has 0 unspecified atom stereocenters. The molecule has 4 rings (SSSR count). The second-order valence-electron chi connectivity index (χ2n) is 8.12. The van der Waals surface area contributed by atoms with E-state index in [4.69, 9.17) is 18.9 Å². The molecule has 1 amide bonds. The minimum absolute atomic E-state index is 0.242. The maximum Gasteiger partial charge on any atom is 0.339 e. The fourth-order valence-corrected chi connectivity index (χ4v) is 3.41. The van der Waals surface area contributed by atoms with Gasteiger partial charge in [0, 0.05) is 5.69 Å². The van der Waals surface area contributed by atoms with Crippen LogP contribution in [0.5, 0.6) is 23.0 Å². The third-order valence-corrected chi connectivity index (χ3v) is 5.39. The van der Waals surface area contributed by atoms with Crippen LogP contribution in [-0.2, 0) is 16.1 Å². The first kappa shape index (κ1) is 25.3. The highest BCUT2D eigenvalue weighted by molar-refractivity contribution is 5.97. The molecule has 1 atom stereocenters. The Kier molecular flexibility index (Phi) is 8.39. The second-order valence-corrected chi connectivity index (χ2v) is 8.12. The highest BCUT2D eigenvalue weighted by atomic mass is 16.5. The lowest BCUT2D eigenvalue weighted by Crippen LogP contribution is -2.30. The lowest BCUT2D eigenvalue weighted by molar-refractivity contribution is -0.123. The predicted molar refractivity (Wildman–Crippen MR) is 140 cm³/mol. The van der Waals surface area contributed by atoms with Crippen molar-refractivity contribution in [1.29, 1.82) is 0 Å². The van der Waals surface area contributed by atoms with Crippen LogP contribution < -0.4 is 19.5 Å². The largest absolute Gasteiger partial charge is 0.493 e. The van der Waals surface area contributed by atoms with Crippen LogP contribution >= 0.6 is 0 Å². The Bertz CT molecular complexity index is 1320. The van der Waals surface area contributed by atoms with Gasteiger partial charge in [-0.1, -0.05) is 48.5 Å². The zero-order chi connectivity index (χ0) is 26.0. The topological polar surface area (TPSA) is 83.1 Å². The van der Waals surface area contributed by atoms with Crippen LogP contribution in [0.4, 0.5) is 5.69 Å². The molecular weight excluding hydrogens is 470 g/mol. The maximum absolute atomic E-state index is 12.7. The number of hydrogen-bond donors (Lipinski definition) is 1. The lowest BCUT2D eigenvalue weighted by Gasteiger charge is -2.15. The number of anilines is 1. The van der Waals surface area contributed by atoms with Gasteiger partial charge in [0.25, 0.3) is 5.91 Å². The number of para-hydroxylation sites is 1. The third kappa shape index (κ3) is 7.11. The smallest absolute Gasteiger partial charge is 0.339 e. The van der Waals surface area contributed by atoms with Crippen molar-refractivity contribution in [2.24, 2.45) is 0 Å². The zero-order valence-electron chi connectivity index (χ0n) is 20.5. The Morgan fingerprint density at radius 2 is 1.43 bits per heavy atom. The number of benzene rings is 4. The zero-order valence-corrected chi connectivity index (χ0v) is 20.5. The first-order valence-electron chi connectivity index (χ1n) is 11.7. The number of esters is 1. The summed E-state index contributed by atoms with van der Waals surface area (Å²) in [6.45, 7) is 1.87. The number of nitrogens with one attached hydrogen (secondary N) is 1. The summed E-state index contributed by atoms with van der Waals surface area (Å²) < 4.78 is 22.3. The van der Waals surface area contributed by atoms with Gasteiger partial charge in [0.1, 0.15) is 18.1 Å². The van der Waals surface area contributed by atoms with Gasteiger partial charge in [0.2, 0.25) is 0 Å². The van der Waals surface area contributed by atoms with E-state index in [1.807, 2.05) is 60.7 Å². The molecule has 188 valence electrons. The molecule has 0 bridgehead atoms. The Hall–Kier alpha value is -4.78. The average Bonchev–Trinajstić information content (AvgIpc) is 2.94. The number of amides is 1. The van der Waals surface area contributed by atoms with Crippen LogP contribution in [0.25, 0.3) is 0 Å². The summed E-state index contributed by atoms with van der Waals surface area (Å²) in [4.78, 5) is 25.3. The van der Waals surface area contributed by atoms with Crippen molar-refractivity contribution in [2.75, 3.05) is 12.4 Å². The van der Waals surface area contributed by atoms with E-state index in [0.717, 1.165) is 5.56 Å². The van der Waals surface area contributed by atoms with E-state index in [0.29, 0.717) is 35.3 Å². The third-order valence-electron chi connectivity index (χ3n) is 5.39. The van der Waals surface area contributed by atoms with E-state index in [1.54, 1.807) is 36.4 Å². The van der Waals surface area contributed by atoms with Crippen molar-refractivity contribution >= 4 is 17.6 Å². The predicted octanol–water partition coefficient (Wildman–Crippen LogP) is 6.25. The quantitative estimate of drug-likeness (QED) is 0.261. The van der Waals surface area contributed by atoms with Crippen LogP contribution in [0.1, 0.15) is 22.8 Å². The molecule has 0 fully saturated rings. The molecule has 4 aromatic carbocycles. The highest BCUT2D eigenvalue weighted by Crippen LogP contribution is 2.29. The standard InChI is InChI=1S/C30H27NO6/c1-21(29(32)31-24-14-16-26(17-15-24)37-25-11-7-4-8-12-25)36-30(33)23-13-18-27(28(19-23)34-2)35-20-22-9-5-3-6-10-22/h3-19,21H,20H2,1-2H3,(H,31,32)/t21-/m0/s1. The first-order valence-corrected chi connectivity index (χ1v) is 11.7. The summed E-state index contributed by atoms with van der Waals surface area (Å²) in [5.41, 5.74) is 1.80. The number of methoxy groups -OCH3 is 1. The summed E-state index contributed by atoms with van der Waals surface area (Å²) in [6.07, 6.45) is -1.02. The van der Waals surface area contributed by atoms with E-state index >= 15 is 0 Å². The molecular formula is C30H27NO6. The Labute approximate surface area is 215 Å². The molecule has 0 radical (unpaired) electrons. The van der Waals surface area contributed by atoms with Crippen LogP contribution in [0, 0.1) is 0 Å². The molecule has 0 aliphatic heterocycles. The Balaban J connectivity index is 1.31. The first-order chi connectivity index (χ1) is 18.0. The van der Waals surface area contributed by atoms with E-state index in [2.05, 4.69) is 5.32 Å². The Morgan fingerprint density at radius 3 is 2.11 bits per heavy atom. The molecule has 0 aromatic heterocycles. The number of carbonyl (C=O) groups excluding carboxylic acids is 2. The number of ether oxygens (including phenoxy) is 4. The molecule has 7 nitrogen and oxygen atoms in total. The summed E-state index contributed by atoms with van der Waals surface area (Å²) >= 11 is 0. The van der Waals surface area contributed by atoms with Gasteiger partial charge in [-0.05, 0) is 67.1 Å². The molecule has 1 N–H and O–H groups in total. The highest BCUT2D eigenvalue weighted by Gasteiger charge is 2.20. The molecule has 0 saturated heterocycles. The summed E-state index contributed by atoms with van der Waals surface area (Å²) in [5, 5.41) is 2.74. The van der Waals surface area contributed by atoms with E-state index in [9.17, 15) is 9.59 Å². The summed E-state index contributed by atoms with van der Waals surface area (Å²) in [6, 6.07) is 30.7. The molecule has 0 aliphatic rings. The number of hydrogen-bond acceptors (Lipinski definition) is 6. The Morgan fingerprint density at radius 1 is 0.784 bits per heavy atom.